The van der Waals surface area contributed by atoms with Crippen LogP contribution in [0.5, 0.6) is 5.75 Å². The minimum Gasteiger partial charge on any atom is -0.507 e. The van der Waals surface area contributed by atoms with Gasteiger partial charge in [0.2, 0.25) is 0 Å². The smallest absolute Gasteiger partial charge is 0.310 e. The quantitative estimate of drug-likeness (QED) is 0.679. The zero-order valence-electron chi connectivity index (χ0n) is 8.66. The number of hydrogen-bond acceptors (Lipinski definition) is 4. The number of halogens is 1. The summed E-state index contributed by atoms with van der Waals surface area (Å²) in [6.45, 7) is 2.07. The molecule has 1 rings (SSSR count). The van der Waals surface area contributed by atoms with Crippen LogP contribution in [0.4, 0.5) is 0 Å². The van der Waals surface area contributed by atoms with Gasteiger partial charge in [0, 0.05) is 3.57 Å². The molecule has 0 aliphatic carbocycles. The molecule has 0 heterocycles. The minimum absolute atomic E-state index is 0.0699. The highest BCUT2D eigenvalue weighted by atomic mass is 127. The number of aromatic hydroxyl groups is 1. The Balaban J connectivity index is 2.97. The van der Waals surface area contributed by atoms with E-state index in [4.69, 9.17) is 10.00 Å². The third-order valence-electron chi connectivity index (χ3n) is 1.93. The fourth-order valence-corrected chi connectivity index (χ4v) is 1.84. The Hall–Kier alpha value is -1.29. The lowest BCUT2D eigenvalue weighted by Crippen LogP contribution is -2.08. The topological polar surface area (TPSA) is 70.3 Å². The van der Waals surface area contributed by atoms with Crippen molar-refractivity contribution >= 4 is 28.6 Å². The molecule has 0 atom stereocenters. The van der Waals surface area contributed by atoms with Crippen molar-refractivity contribution in [2.24, 2.45) is 0 Å². The second-order valence-corrected chi connectivity index (χ2v) is 4.22. The third kappa shape index (κ3) is 3.10. The molecule has 16 heavy (non-hydrogen) atoms. The molecule has 0 aromatic heterocycles. The van der Waals surface area contributed by atoms with Crippen LogP contribution < -0.4 is 0 Å². The molecule has 4 nitrogen and oxygen atoms in total. The van der Waals surface area contributed by atoms with E-state index in [0.29, 0.717) is 12.2 Å². The van der Waals surface area contributed by atoms with Gasteiger partial charge in [-0.3, -0.25) is 4.79 Å². The number of carbonyl (C=O) groups excluding carboxylic acids is 1. The highest BCUT2D eigenvalue weighted by molar-refractivity contribution is 14.1. The summed E-state index contributed by atoms with van der Waals surface area (Å²) in [5, 5.41) is 18.2. The first-order valence-corrected chi connectivity index (χ1v) is 5.73. The Morgan fingerprint density at radius 1 is 1.62 bits per heavy atom. The Morgan fingerprint density at radius 2 is 2.31 bits per heavy atom. The fourth-order valence-electron chi connectivity index (χ4n) is 1.20. The zero-order valence-corrected chi connectivity index (χ0v) is 10.8. The van der Waals surface area contributed by atoms with Crippen molar-refractivity contribution in [2.75, 3.05) is 6.61 Å². The summed E-state index contributed by atoms with van der Waals surface area (Å²) in [5.41, 5.74) is 0.855. The van der Waals surface area contributed by atoms with Gasteiger partial charge in [0.15, 0.2) is 0 Å². The second-order valence-electron chi connectivity index (χ2n) is 3.05. The van der Waals surface area contributed by atoms with E-state index >= 15 is 0 Å². The summed E-state index contributed by atoms with van der Waals surface area (Å²) in [4.78, 5) is 11.3. The van der Waals surface area contributed by atoms with Crippen molar-refractivity contribution in [1.29, 1.82) is 5.26 Å². The van der Waals surface area contributed by atoms with Crippen LogP contribution in [0.2, 0.25) is 0 Å². The summed E-state index contributed by atoms with van der Waals surface area (Å²) in [6, 6.07) is 4.84. The fraction of sp³-hybridized carbons (Fsp3) is 0.273. The van der Waals surface area contributed by atoms with E-state index in [-0.39, 0.29) is 23.7 Å². The van der Waals surface area contributed by atoms with Gasteiger partial charge in [0.05, 0.1) is 18.6 Å². The molecule has 0 saturated heterocycles. The lowest BCUT2D eigenvalue weighted by atomic mass is 10.1. The van der Waals surface area contributed by atoms with Crippen LogP contribution in [0.1, 0.15) is 18.1 Å². The number of hydrogen-bond donors (Lipinski definition) is 1. The van der Waals surface area contributed by atoms with E-state index < -0.39 is 0 Å². The van der Waals surface area contributed by atoms with E-state index in [1.807, 2.05) is 28.7 Å². The van der Waals surface area contributed by atoms with E-state index in [2.05, 4.69) is 0 Å². The average Bonchev–Trinajstić information content (AvgIpc) is 2.22. The molecule has 84 valence electrons. The molecule has 0 amide bonds. The van der Waals surface area contributed by atoms with Crippen LogP contribution in [0.15, 0.2) is 12.1 Å². The maximum absolute atomic E-state index is 11.3. The molecular weight excluding hydrogens is 321 g/mol. The van der Waals surface area contributed by atoms with Crippen LogP contribution in [-0.2, 0) is 16.0 Å². The summed E-state index contributed by atoms with van der Waals surface area (Å²) in [7, 11) is 0. The number of benzene rings is 1. The summed E-state index contributed by atoms with van der Waals surface area (Å²) >= 11 is 2.00. The first-order valence-electron chi connectivity index (χ1n) is 4.65. The lowest BCUT2D eigenvalue weighted by molar-refractivity contribution is -0.142. The number of nitrogens with zero attached hydrogens (tertiary/aromatic N) is 1. The molecule has 0 radical (unpaired) electrons. The van der Waals surface area contributed by atoms with E-state index in [1.165, 1.54) is 12.1 Å². The Labute approximate surface area is 107 Å². The van der Waals surface area contributed by atoms with Gasteiger partial charge in [-0.15, -0.1) is 0 Å². The van der Waals surface area contributed by atoms with Crippen molar-refractivity contribution in [2.45, 2.75) is 13.3 Å². The summed E-state index contributed by atoms with van der Waals surface area (Å²) in [5.74, 6) is -0.408. The monoisotopic (exact) mass is 331 g/mol. The highest BCUT2D eigenvalue weighted by Gasteiger charge is 2.11. The van der Waals surface area contributed by atoms with Gasteiger partial charge in [0.25, 0.3) is 0 Å². The van der Waals surface area contributed by atoms with Gasteiger partial charge in [-0.2, -0.15) is 5.26 Å². The minimum atomic E-state index is -0.338. The first-order chi connectivity index (χ1) is 7.58. The Kier molecular flexibility index (Phi) is 4.55. The number of phenols is 1. The number of esters is 1. The molecule has 0 aliphatic heterocycles. The normalized spacial score (nSPS) is 9.56. The van der Waals surface area contributed by atoms with Gasteiger partial charge in [-0.25, -0.2) is 0 Å². The van der Waals surface area contributed by atoms with Crippen molar-refractivity contribution in [1.82, 2.24) is 0 Å². The summed E-state index contributed by atoms with van der Waals surface area (Å²) < 4.78 is 5.55. The predicted octanol–water partition coefficient (Wildman–Crippen LogP) is 1.97. The Morgan fingerprint density at radius 3 is 2.88 bits per heavy atom. The standard InChI is InChI=1S/C11H10INO3/c1-2-16-11(15)4-7-3-8(6-13)10(14)5-9(7)12/h3,5,14H,2,4H2,1H3. The van der Waals surface area contributed by atoms with Crippen LogP contribution in [0, 0.1) is 14.9 Å². The van der Waals surface area contributed by atoms with Crippen molar-refractivity contribution in [3.05, 3.63) is 26.8 Å². The zero-order chi connectivity index (χ0) is 12.1. The highest BCUT2D eigenvalue weighted by Crippen LogP contribution is 2.23. The molecule has 0 spiro atoms. The summed E-state index contributed by atoms with van der Waals surface area (Å²) in [6.07, 6.45) is 0.112. The van der Waals surface area contributed by atoms with Crippen LogP contribution in [-0.4, -0.2) is 17.7 Å². The number of ether oxygens (including phenoxy) is 1. The number of carbonyl (C=O) groups is 1. The van der Waals surface area contributed by atoms with Crippen molar-refractivity contribution in [3.63, 3.8) is 0 Å². The molecule has 5 heteroatoms. The van der Waals surface area contributed by atoms with Gasteiger partial charge in [-0.1, -0.05) is 0 Å². The van der Waals surface area contributed by atoms with Crippen molar-refractivity contribution in [3.8, 4) is 11.8 Å². The predicted molar refractivity (Wildman–Crippen MR) is 65.9 cm³/mol. The second kappa shape index (κ2) is 5.70. The van der Waals surface area contributed by atoms with Crippen molar-refractivity contribution < 1.29 is 14.6 Å². The SMILES string of the molecule is CCOC(=O)Cc1cc(C#N)c(O)cc1I. The van der Waals surface area contributed by atoms with Crippen LogP contribution in [0.25, 0.3) is 0 Å². The third-order valence-corrected chi connectivity index (χ3v) is 2.93. The maximum atomic E-state index is 11.3. The van der Waals surface area contributed by atoms with Gasteiger partial charge < -0.3 is 9.84 Å². The van der Waals surface area contributed by atoms with Gasteiger partial charge in [0.1, 0.15) is 11.8 Å². The molecule has 0 bridgehead atoms. The number of rotatable bonds is 3. The molecule has 0 fully saturated rings. The maximum Gasteiger partial charge on any atom is 0.310 e. The molecule has 1 N–H and O–H groups in total. The lowest BCUT2D eigenvalue weighted by Gasteiger charge is -2.06. The molecule has 0 aliphatic rings. The largest absolute Gasteiger partial charge is 0.507 e. The van der Waals surface area contributed by atoms with E-state index in [0.717, 1.165) is 3.57 Å². The first kappa shape index (κ1) is 12.8. The van der Waals surface area contributed by atoms with E-state index in [9.17, 15) is 9.90 Å². The number of phenolic OH excluding ortho intramolecular Hbond substituents is 1. The molecule has 1 aromatic carbocycles. The molecule has 0 unspecified atom stereocenters. The molecular formula is C11H10INO3. The number of nitriles is 1. The molecule has 0 saturated carbocycles. The van der Waals surface area contributed by atoms with Crippen LogP contribution >= 0.6 is 22.6 Å². The van der Waals surface area contributed by atoms with Gasteiger partial charge in [-0.05, 0) is 47.2 Å². The van der Waals surface area contributed by atoms with E-state index in [1.54, 1.807) is 6.92 Å². The molecule has 1 aromatic rings. The van der Waals surface area contributed by atoms with Crippen LogP contribution in [0.3, 0.4) is 0 Å². The van der Waals surface area contributed by atoms with Gasteiger partial charge >= 0.3 is 5.97 Å². The Bertz CT molecular complexity index is 451. The average molecular weight is 331 g/mol.